The summed E-state index contributed by atoms with van der Waals surface area (Å²) < 4.78 is 0. The van der Waals surface area contributed by atoms with Gasteiger partial charge in [0.1, 0.15) is 5.69 Å². The van der Waals surface area contributed by atoms with Crippen LogP contribution in [0.4, 0.5) is 5.69 Å². The van der Waals surface area contributed by atoms with Crippen LogP contribution in [0.3, 0.4) is 0 Å². The maximum atomic E-state index is 5.49. The van der Waals surface area contributed by atoms with Crippen LogP contribution in [0.15, 0.2) is 18.3 Å². The molecule has 0 radical (unpaired) electrons. The van der Waals surface area contributed by atoms with Gasteiger partial charge in [0.25, 0.3) is 0 Å². The van der Waals surface area contributed by atoms with Crippen LogP contribution in [0.2, 0.25) is 0 Å². The van der Waals surface area contributed by atoms with Crippen molar-refractivity contribution < 1.29 is 0 Å². The first-order valence-electron chi connectivity index (χ1n) is 4.53. The molecule has 0 aromatic carbocycles. The van der Waals surface area contributed by atoms with Crippen molar-refractivity contribution in [2.24, 2.45) is 0 Å². The van der Waals surface area contributed by atoms with Crippen LogP contribution in [-0.4, -0.2) is 4.98 Å². The van der Waals surface area contributed by atoms with E-state index in [0.717, 1.165) is 18.5 Å². The number of aromatic nitrogens is 1. The van der Waals surface area contributed by atoms with Gasteiger partial charge in [0.15, 0.2) is 0 Å². The molecule has 0 bridgehead atoms. The van der Waals surface area contributed by atoms with Crippen molar-refractivity contribution in [3.63, 3.8) is 0 Å². The van der Waals surface area contributed by atoms with Crippen LogP contribution in [-0.2, 0) is 0 Å². The van der Waals surface area contributed by atoms with Gasteiger partial charge >= 0.3 is 0 Å². The van der Waals surface area contributed by atoms with E-state index in [9.17, 15) is 0 Å². The Morgan fingerprint density at radius 1 is 1.46 bits per heavy atom. The predicted octanol–water partition coefficient (Wildman–Crippen LogP) is 2.21. The normalized spacial score (nSPS) is 9.00. The van der Waals surface area contributed by atoms with E-state index in [1.807, 2.05) is 12.1 Å². The highest BCUT2D eigenvalue weighted by Crippen LogP contribution is 1.99. The molecule has 2 heteroatoms. The van der Waals surface area contributed by atoms with Crippen LogP contribution in [0.5, 0.6) is 0 Å². The first-order valence-corrected chi connectivity index (χ1v) is 4.53. The summed E-state index contributed by atoms with van der Waals surface area (Å²) in [5, 5.41) is 0. The first-order chi connectivity index (χ1) is 6.33. The third-order valence-corrected chi connectivity index (χ3v) is 1.66. The molecule has 0 unspecified atom stereocenters. The number of anilines is 1. The lowest BCUT2D eigenvalue weighted by atomic mass is 10.2. The van der Waals surface area contributed by atoms with Gasteiger partial charge < -0.3 is 5.73 Å². The fourth-order valence-electron chi connectivity index (χ4n) is 0.897. The van der Waals surface area contributed by atoms with Crippen LogP contribution in [0.1, 0.15) is 31.9 Å². The first kappa shape index (κ1) is 9.60. The third-order valence-electron chi connectivity index (χ3n) is 1.66. The summed E-state index contributed by atoms with van der Waals surface area (Å²) in [4.78, 5) is 4.08. The van der Waals surface area contributed by atoms with E-state index in [-0.39, 0.29) is 0 Å². The monoisotopic (exact) mass is 174 g/mol. The number of hydrogen-bond acceptors (Lipinski definition) is 2. The molecule has 0 saturated heterocycles. The zero-order chi connectivity index (χ0) is 9.52. The fourth-order valence-corrected chi connectivity index (χ4v) is 0.897. The van der Waals surface area contributed by atoms with Crippen LogP contribution in [0.25, 0.3) is 0 Å². The molecule has 0 amide bonds. The summed E-state index contributed by atoms with van der Waals surface area (Å²) in [5.41, 5.74) is 6.97. The van der Waals surface area contributed by atoms with Gasteiger partial charge in [0.05, 0.1) is 11.9 Å². The van der Waals surface area contributed by atoms with Crippen LogP contribution in [0, 0.1) is 11.8 Å². The van der Waals surface area contributed by atoms with Gasteiger partial charge in [-0.3, -0.25) is 0 Å². The third kappa shape index (κ3) is 3.62. The van der Waals surface area contributed by atoms with Crippen molar-refractivity contribution in [2.75, 3.05) is 5.73 Å². The lowest BCUT2D eigenvalue weighted by Crippen LogP contribution is -1.87. The van der Waals surface area contributed by atoms with Crippen LogP contribution >= 0.6 is 0 Å². The van der Waals surface area contributed by atoms with Crippen molar-refractivity contribution >= 4 is 5.69 Å². The van der Waals surface area contributed by atoms with E-state index in [0.29, 0.717) is 5.69 Å². The maximum absolute atomic E-state index is 5.49. The summed E-state index contributed by atoms with van der Waals surface area (Å²) >= 11 is 0. The summed E-state index contributed by atoms with van der Waals surface area (Å²) in [6, 6.07) is 3.66. The van der Waals surface area contributed by atoms with Crippen molar-refractivity contribution in [3.8, 4) is 11.8 Å². The highest BCUT2D eigenvalue weighted by atomic mass is 14.7. The topological polar surface area (TPSA) is 38.9 Å². The molecular weight excluding hydrogens is 160 g/mol. The molecule has 0 aliphatic heterocycles. The second-order valence-electron chi connectivity index (χ2n) is 2.88. The fraction of sp³-hybridized carbons (Fsp3) is 0.364. The van der Waals surface area contributed by atoms with Gasteiger partial charge in [0, 0.05) is 6.42 Å². The number of pyridine rings is 1. The lowest BCUT2D eigenvalue weighted by Gasteiger charge is -1.90. The number of nitrogens with two attached hydrogens (primary N) is 1. The van der Waals surface area contributed by atoms with Crippen molar-refractivity contribution in [3.05, 3.63) is 24.0 Å². The summed E-state index contributed by atoms with van der Waals surface area (Å²) in [5.74, 6) is 6.06. The second-order valence-corrected chi connectivity index (χ2v) is 2.88. The quantitative estimate of drug-likeness (QED) is 0.551. The van der Waals surface area contributed by atoms with Gasteiger partial charge in [0.2, 0.25) is 0 Å². The highest BCUT2D eigenvalue weighted by Gasteiger charge is 1.86. The predicted molar refractivity (Wildman–Crippen MR) is 55.1 cm³/mol. The van der Waals surface area contributed by atoms with Gasteiger partial charge in [-0.1, -0.05) is 19.3 Å². The van der Waals surface area contributed by atoms with Crippen molar-refractivity contribution in [2.45, 2.75) is 26.2 Å². The van der Waals surface area contributed by atoms with Crippen molar-refractivity contribution in [1.29, 1.82) is 0 Å². The minimum atomic E-state index is 0.680. The molecule has 1 heterocycles. The molecule has 0 aliphatic carbocycles. The SMILES string of the molecule is CCCCC#Cc1ccc(N)cn1. The molecular formula is C11H14N2. The standard InChI is InChI=1S/C11H14N2/c1-2-3-4-5-6-11-8-7-10(12)9-13-11/h7-9H,2-4,12H2,1H3. The van der Waals surface area contributed by atoms with E-state index >= 15 is 0 Å². The number of nitrogens with zero attached hydrogens (tertiary/aromatic N) is 1. The Labute approximate surface area is 79.2 Å². The molecule has 2 N–H and O–H groups in total. The second kappa shape index (κ2) is 5.21. The molecule has 1 rings (SSSR count). The Kier molecular flexibility index (Phi) is 3.84. The number of nitrogen functional groups attached to an aromatic ring is 1. The minimum Gasteiger partial charge on any atom is -0.397 e. The Morgan fingerprint density at radius 3 is 2.92 bits per heavy atom. The Hall–Kier alpha value is -1.49. The number of unbranched alkanes of at least 4 members (excludes halogenated alkanes) is 2. The number of rotatable bonds is 2. The summed E-state index contributed by atoms with van der Waals surface area (Å²) in [6.45, 7) is 2.16. The number of hydrogen-bond donors (Lipinski definition) is 1. The Morgan fingerprint density at radius 2 is 2.31 bits per heavy atom. The Balaban J connectivity index is 2.52. The zero-order valence-corrected chi connectivity index (χ0v) is 7.88. The molecule has 0 aliphatic rings. The van der Waals surface area contributed by atoms with E-state index in [4.69, 9.17) is 5.73 Å². The lowest BCUT2D eigenvalue weighted by molar-refractivity contribution is 0.828. The largest absolute Gasteiger partial charge is 0.397 e. The van der Waals surface area contributed by atoms with Gasteiger partial charge in [-0.2, -0.15) is 0 Å². The van der Waals surface area contributed by atoms with Gasteiger partial charge in [-0.25, -0.2) is 4.98 Å². The highest BCUT2D eigenvalue weighted by molar-refractivity contribution is 5.38. The minimum absolute atomic E-state index is 0.680. The molecule has 1 aromatic rings. The van der Waals surface area contributed by atoms with E-state index in [2.05, 4.69) is 23.7 Å². The van der Waals surface area contributed by atoms with E-state index in [1.54, 1.807) is 6.20 Å². The Bertz CT molecular complexity index is 303. The molecule has 0 saturated carbocycles. The molecule has 13 heavy (non-hydrogen) atoms. The van der Waals surface area contributed by atoms with Gasteiger partial charge in [-0.05, 0) is 24.5 Å². The molecule has 68 valence electrons. The maximum Gasteiger partial charge on any atom is 0.113 e. The smallest absolute Gasteiger partial charge is 0.113 e. The molecule has 0 spiro atoms. The molecule has 1 aromatic heterocycles. The summed E-state index contributed by atoms with van der Waals surface area (Å²) in [6.07, 6.45) is 4.91. The van der Waals surface area contributed by atoms with E-state index in [1.165, 1.54) is 6.42 Å². The van der Waals surface area contributed by atoms with E-state index < -0.39 is 0 Å². The molecule has 0 atom stereocenters. The average Bonchev–Trinajstić information content (AvgIpc) is 2.15. The average molecular weight is 174 g/mol. The summed E-state index contributed by atoms with van der Waals surface area (Å²) in [7, 11) is 0. The molecule has 2 nitrogen and oxygen atoms in total. The molecule has 0 fully saturated rings. The van der Waals surface area contributed by atoms with Gasteiger partial charge in [-0.15, -0.1) is 0 Å². The van der Waals surface area contributed by atoms with Crippen LogP contribution < -0.4 is 5.73 Å². The van der Waals surface area contributed by atoms with Crippen molar-refractivity contribution in [1.82, 2.24) is 4.98 Å². The zero-order valence-electron chi connectivity index (χ0n) is 7.88.